The Kier molecular flexibility index (Phi) is 2.58. The van der Waals surface area contributed by atoms with E-state index in [9.17, 15) is 4.79 Å². The van der Waals surface area contributed by atoms with Crippen LogP contribution in [-0.2, 0) is 4.74 Å². The van der Waals surface area contributed by atoms with E-state index in [-0.39, 0.29) is 12.3 Å². The standard InChI is InChI=1S/C6H4N2O2S/c1-2-3-10-6(9)5-4-11-8-7-5/h1,4H,3H2. The molecule has 0 aliphatic carbocycles. The Balaban J connectivity index is 2.51. The molecular weight excluding hydrogens is 164 g/mol. The van der Waals surface area contributed by atoms with Crippen molar-refractivity contribution in [1.82, 2.24) is 9.59 Å². The van der Waals surface area contributed by atoms with E-state index < -0.39 is 5.97 Å². The predicted molar refractivity (Wildman–Crippen MR) is 39.0 cm³/mol. The third-order valence-electron chi connectivity index (χ3n) is 0.856. The smallest absolute Gasteiger partial charge is 0.360 e. The molecule has 0 radical (unpaired) electrons. The fourth-order valence-corrected chi connectivity index (χ4v) is 0.860. The first kappa shape index (κ1) is 7.69. The number of ether oxygens (including phenoxy) is 1. The van der Waals surface area contributed by atoms with Crippen molar-refractivity contribution in [1.29, 1.82) is 0 Å². The van der Waals surface area contributed by atoms with Gasteiger partial charge in [0.2, 0.25) is 0 Å². The van der Waals surface area contributed by atoms with Gasteiger partial charge in [0.25, 0.3) is 0 Å². The second kappa shape index (κ2) is 3.68. The van der Waals surface area contributed by atoms with Crippen LogP contribution in [-0.4, -0.2) is 22.2 Å². The van der Waals surface area contributed by atoms with Gasteiger partial charge in [0.15, 0.2) is 12.3 Å². The molecule has 0 aromatic carbocycles. The predicted octanol–water partition coefficient (Wildman–Crippen LogP) is 0.328. The van der Waals surface area contributed by atoms with Crippen LogP contribution in [0.25, 0.3) is 0 Å². The van der Waals surface area contributed by atoms with Gasteiger partial charge >= 0.3 is 5.97 Å². The van der Waals surface area contributed by atoms with Crippen LogP contribution in [0.4, 0.5) is 0 Å². The summed E-state index contributed by atoms with van der Waals surface area (Å²) in [6.07, 6.45) is 4.87. The molecule has 5 heteroatoms. The van der Waals surface area contributed by atoms with Gasteiger partial charge in [0, 0.05) is 5.38 Å². The van der Waals surface area contributed by atoms with Crippen LogP contribution in [0, 0.1) is 12.3 Å². The average molecular weight is 168 g/mol. The maximum atomic E-state index is 10.9. The summed E-state index contributed by atoms with van der Waals surface area (Å²) in [6, 6.07) is 0. The summed E-state index contributed by atoms with van der Waals surface area (Å²) in [7, 11) is 0. The molecule has 0 N–H and O–H groups in total. The van der Waals surface area contributed by atoms with Crippen molar-refractivity contribution in [2.75, 3.05) is 6.61 Å². The summed E-state index contributed by atoms with van der Waals surface area (Å²) in [5.74, 6) is 1.64. The van der Waals surface area contributed by atoms with Crippen molar-refractivity contribution >= 4 is 17.5 Å². The Bertz CT molecular complexity index is 275. The van der Waals surface area contributed by atoms with Crippen LogP contribution in [0.5, 0.6) is 0 Å². The Morgan fingerprint density at radius 2 is 2.73 bits per heavy atom. The minimum absolute atomic E-state index is 0.0314. The molecule has 0 fully saturated rings. The minimum Gasteiger partial charge on any atom is -0.448 e. The quantitative estimate of drug-likeness (QED) is 0.471. The molecule has 1 aromatic heterocycles. The number of carbonyl (C=O) groups is 1. The number of rotatable bonds is 2. The first-order valence-corrected chi connectivity index (χ1v) is 3.56. The Labute approximate surface area is 67.4 Å². The van der Waals surface area contributed by atoms with Crippen LogP contribution >= 0.6 is 11.5 Å². The van der Waals surface area contributed by atoms with Crippen LogP contribution in [0.2, 0.25) is 0 Å². The van der Waals surface area contributed by atoms with Gasteiger partial charge in [0.05, 0.1) is 0 Å². The summed E-state index contributed by atoms with van der Waals surface area (Å²) < 4.78 is 8.06. The average Bonchev–Trinajstić information content (AvgIpc) is 2.52. The molecule has 1 aromatic rings. The Morgan fingerprint density at radius 3 is 3.27 bits per heavy atom. The van der Waals surface area contributed by atoms with Gasteiger partial charge in [0.1, 0.15) is 0 Å². The molecule has 0 atom stereocenters. The van der Waals surface area contributed by atoms with Gasteiger partial charge in [-0.15, -0.1) is 11.5 Å². The number of esters is 1. The van der Waals surface area contributed by atoms with E-state index in [2.05, 4.69) is 20.2 Å². The van der Waals surface area contributed by atoms with E-state index >= 15 is 0 Å². The third-order valence-corrected chi connectivity index (χ3v) is 1.36. The van der Waals surface area contributed by atoms with E-state index in [0.717, 1.165) is 11.5 Å². The minimum atomic E-state index is -0.531. The molecule has 4 nitrogen and oxygen atoms in total. The van der Waals surface area contributed by atoms with E-state index in [4.69, 9.17) is 6.42 Å². The maximum absolute atomic E-state index is 10.9. The normalized spacial score (nSPS) is 8.64. The highest BCUT2D eigenvalue weighted by Gasteiger charge is 2.08. The summed E-state index contributed by atoms with van der Waals surface area (Å²) in [5.41, 5.74) is 0.199. The molecule has 0 spiro atoms. The fourth-order valence-electron chi connectivity index (χ4n) is 0.435. The fraction of sp³-hybridized carbons (Fsp3) is 0.167. The number of terminal acetylenes is 1. The van der Waals surface area contributed by atoms with Crippen molar-refractivity contribution in [2.24, 2.45) is 0 Å². The van der Waals surface area contributed by atoms with Crippen molar-refractivity contribution in [3.63, 3.8) is 0 Å². The van der Waals surface area contributed by atoms with Crippen molar-refractivity contribution in [2.45, 2.75) is 0 Å². The summed E-state index contributed by atoms with van der Waals surface area (Å²) >= 11 is 1.09. The molecule has 56 valence electrons. The van der Waals surface area contributed by atoms with Gasteiger partial charge in [-0.05, 0) is 11.5 Å². The van der Waals surface area contributed by atoms with Crippen molar-refractivity contribution < 1.29 is 9.53 Å². The molecule has 0 amide bonds. The molecule has 0 aliphatic rings. The van der Waals surface area contributed by atoms with Crippen LogP contribution < -0.4 is 0 Å². The largest absolute Gasteiger partial charge is 0.448 e. The molecule has 0 aliphatic heterocycles. The maximum Gasteiger partial charge on any atom is 0.360 e. The van der Waals surface area contributed by atoms with E-state index in [0.29, 0.717) is 0 Å². The SMILES string of the molecule is C#CCOC(=O)c1csnn1. The Hall–Kier alpha value is -1.41. The molecule has 1 heterocycles. The molecular formula is C6H4N2O2S. The van der Waals surface area contributed by atoms with Gasteiger partial charge in [-0.2, -0.15) is 0 Å². The van der Waals surface area contributed by atoms with Crippen LogP contribution in [0.3, 0.4) is 0 Å². The number of hydrogen-bond acceptors (Lipinski definition) is 5. The first-order valence-electron chi connectivity index (χ1n) is 2.72. The van der Waals surface area contributed by atoms with Gasteiger partial charge in [-0.3, -0.25) is 0 Å². The van der Waals surface area contributed by atoms with Crippen molar-refractivity contribution in [3.05, 3.63) is 11.1 Å². The van der Waals surface area contributed by atoms with Crippen LogP contribution in [0.15, 0.2) is 5.38 Å². The lowest BCUT2D eigenvalue weighted by Gasteiger charge is -1.93. The van der Waals surface area contributed by atoms with E-state index in [1.54, 1.807) is 0 Å². The van der Waals surface area contributed by atoms with E-state index in [1.807, 2.05) is 0 Å². The monoisotopic (exact) mass is 168 g/mol. The zero-order valence-corrected chi connectivity index (χ0v) is 6.30. The highest BCUT2D eigenvalue weighted by atomic mass is 32.1. The molecule has 11 heavy (non-hydrogen) atoms. The first-order chi connectivity index (χ1) is 5.34. The highest BCUT2D eigenvalue weighted by Crippen LogP contribution is 1.98. The van der Waals surface area contributed by atoms with Crippen molar-refractivity contribution in [3.8, 4) is 12.3 Å². The lowest BCUT2D eigenvalue weighted by molar-refractivity contribution is 0.0550. The summed E-state index contributed by atoms with van der Waals surface area (Å²) in [5, 5.41) is 4.99. The number of nitrogens with zero attached hydrogens (tertiary/aromatic N) is 2. The molecule has 1 rings (SSSR count). The second-order valence-corrected chi connectivity index (χ2v) is 2.18. The number of aromatic nitrogens is 2. The van der Waals surface area contributed by atoms with Gasteiger partial charge in [-0.1, -0.05) is 10.4 Å². The summed E-state index contributed by atoms with van der Waals surface area (Å²) in [4.78, 5) is 10.9. The van der Waals surface area contributed by atoms with E-state index in [1.165, 1.54) is 5.38 Å². The second-order valence-electron chi connectivity index (χ2n) is 1.57. The zero-order valence-electron chi connectivity index (χ0n) is 5.48. The highest BCUT2D eigenvalue weighted by molar-refractivity contribution is 7.03. The number of hydrogen-bond donors (Lipinski definition) is 0. The molecule has 0 saturated carbocycles. The van der Waals surface area contributed by atoms with Crippen LogP contribution in [0.1, 0.15) is 10.5 Å². The zero-order chi connectivity index (χ0) is 8.10. The summed E-state index contributed by atoms with van der Waals surface area (Å²) in [6.45, 7) is -0.0314. The van der Waals surface area contributed by atoms with Gasteiger partial charge < -0.3 is 4.74 Å². The molecule has 0 bridgehead atoms. The van der Waals surface area contributed by atoms with Gasteiger partial charge in [-0.25, -0.2) is 4.79 Å². The topological polar surface area (TPSA) is 52.1 Å². The lowest BCUT2D eigenvalue weighted by Crippen LogP contribution is -2.05. The number of carbonyl (C=O) groups excluding carboxylic acids is 1. The lowest BCUT2D eigenvalue weighted by atomic mass is 10.5. The third kappa shape index (κ3) is 2.02. The Morgan fingerprint density at radius 1 is 1.91 bits per heavy atom. The molecule has 0 unspecified atom stereocenters. The molecule has 0 saturated heterocycles.